The van der Waals surface area contributed by atoms with E-state index in [-0.39, 0.29) is 0 Å². The smallest absolute Gasteiger partial charge is 0.189 e. The maximum Gasteiger partial charge on any atom is 0.189 e. The summed E-state index contributed by atoms with van der Waals surface area (Å²) in [5.41, 5.74) is 0.987. The minimum absolute atomic E-state index is 0.299. The van der Waals surface area contributed by atoms with Gasteiger partial charge in [0, 0.05) is 5.56 Å². The zero-order chi connectivity index (χ0) is 8.39. The van der Waals surface area contributed by atoms with Crippen LogP contribution in [0.25, 0.3) is 0 Å². The van der Waals surface area contributed by atoms with Crippen molar-refractivity contribution >= 4 is 0 Å². The average Bonchev–Trinajstić information content (AvgIpc) is 2.17. The van der Waals surface area contributed by atoms with Gasteiger partial charge in [0.25, 0.3) is 0 Å². The molecule has 0 bridgehead atoms. The lowest BCUT2D eigenvalue weighted by molar-refractivity contribution is -0.0180. The predicted molar refractivity (Wildman–Crippen MR) is 42.1 cm³/mol. The van der Waals surface area contributed by atoms with Gasteiger partial charge in [0.2, 0.25) is 0 Å². The van der Waals surface area contributed by atoms with Crippen LogP contribution in [0.15, 0.2) is 12.1 Å². The van der Waals surface area contributed by atoms with E-state index in [9.17, 15) is 0 Å². The fraction of sp³-hybridized carbons (Fsp3) is 0.333. The monoisotopic (exact) mass is 165 g/mol. The molecule has 1 aliphatic rings. The van der Waals surface area contributed by atoms with E-state index in [2.05, 4.69) is 6.07 Å². The fourth-order valence-electron chi connectivity index (χ4n) is 1.18. The van der Waals surface area contributed by atoms with Gasteiger partial charge in [0.15, 0.2) is 18.3 Å². The molecule has 0 unspecified atom stereocenters. The number of ether oxygens (including phenoxy) is 3. The quantitative estimate of drug-likeness (QED) is 0.628. The van der Waals surface area contributed by atoms with Crippen molar-refractivity contribution in [1.82, 2.24) is 0 Å². The standard InChI is InChI=1S/C9H9O3/c1-10-8-4-2-3-7-5-11-6-12-9(7)8/h3-4H,5-6H2,1H3. The second-order valence-corrected chi connectivity index (χ2v) is 2.49. The molecule has 0 atom stereocenters. The third-order valence-electron chi connectivity index (χ3n) is 1.75. The summed E-state index contributed by atoms with van der Waals surface area (Å²) in [5.74, 6) is 1.50. The van der Waals surface area contributed by atoms with Crippen LogP contribution < -0.4 is 9.47 Å². The molecule has 1 aromatic carbocycles. The number of hydrogen-bond donors (Lipinski definition) is 0. The van der Waals surface area contributed by atoms with Gasteiger partial charge in [-0.25, -0.2) is 0 Å². The molecule has 1 aliphatic heterocycles. The summed E-state index contributed by atoms with van der Waals surface area (Å²) >= 11 is 0. The molecular weight excluding hydrogens is 156 g/mol. The Bertz CT molecular complexity index is 269. The Labute approximate surface area is 70.9 Å². The van der Waals surface area contributed by atoms with Crippen molar-refractivity contribution in [2.45, 2.75) is 6.61 Å². The van der Waals surface area contributed by atoms with E-state index >= 15 is 0 Å². The van der Waals surface area contributed by atoms with E-state index < -0.39 is 0 Å². The summed E-state index contributed by atoms with van der Waals surface area (Å²) in [4.78, 5) is 0. The highest BCUT2D eigenvalue weighted by Crippen LogP contribution is 2.33. The summed E-state index contributed by atoms with van der Waals surface area (Å²) in [6.07, 6.45) is 0. The lowest BCUT2D eigenvalue weighted by Crippen LogP contribution is -2.11. The van der Waals surface area contributed by atoms with Crippen LogP contribution in [0.4, 0.5) is 0 Å². The molecule has 1 heterocycles. The SMILES string of the molecule is COc1c[c]cc2c1OCOC2. The fourth-order valence-corrected chi connectivity index (χ4v) is 1.18. The number of benzene rings is 1. The zero-order valence-electron chi connectivity index (χ0n) is 6.79. The van der Waals surface area contributed by atoms with Gasteiger partial charge in [-0.15, -0.1) is 0 Å². The van der Waals surface area contributed by atoms with Crippen LogP contribution in [0.3, 0.4) is 0 Å². The first kappa shape index (κ1) is 7.43. The lowest BCUT2D eigenvalue weighted by Gasteiger charge is -2.19. The molecule has 0 fully saturated rings. The Morgan fingerprint density at radius 1 is 1.50 bits per heavy atom. The summed E-state index contributed by atoms with van der Waals surface area (Å²) in [6, 6.07) is 6.55. The summed E-state index contributed by atoms with van der Waals surface area (Å²) in [5, 5.41) is 0. The van der Waals surface area contributed by atoms with E-state index in [1.54, 1.807) is 13.2 Å². The molecule has 1 radical (unpaired) electrons. The number of hydrogen-bond acceptors (Lipinski definition) is 3. The molecule has 3 heteroatoms. The number of methoxy groups -OCH3 is 1. The maximum atomic E-state index is 5.28. The molecule has 0 spiro atoms. The maximum absolute atomic E-state index is 5.28. The van der Waals surface area contributed by atoms with Crippen LogP contribution in [0.5, 0.6) is 11.5 Å². The summed E-state index contributed by atoms with van der Waals surface area (Å²) < 4.78 is 15.5. The van der Waals surface area contributed by atoms with E-state index in [0.29, 0.717) is 13.4 Å². The molecule has 3 nitrogen and oxygen atoms in total. The Balaban J connectivity index is 2.44. The molecule has 0 aromatic heterocycles. The molecule has 0 saturated carbocycles. The third kappa shape index (κ3) is 1.12. The molecule has 1 aromatic rings. The van der Waals surface area contributed by atoms with Gasteiger partial charge < -0.3 is 14.2 Å². The van der Waals surface area contributed by atoms with Crippen molar-refractivity contribution in [2.24, 2.45) is 0 Å². The average molecular weight is 165 g/mol. The molecule has 2 rings (SSSR count). The van der Waals surface area contributed by atoms with Gasteiger partial charge in [-0.2, -0.15) is 0 Å². The molecule has 0 N–H and O–H groups in total. The second-order valence-electron chi connectivity index (χ2n) is 2.49. The van der Waals surface area contributed by atoms with Gasteiger partial charge in [-0.05, 0) is 18.2 Å². The van der Waals surface area contributed by atoms with Gasteiger partial charge in [0.05, 0.1) is 13.7 Å². The zero-order valence-corrected chi connectivity index (χ0v) is 6.79. The molecular formula is C9H9O3. The van der Waals surface area contributed by atoms with E-state index in [1.165, 1.54) is 0 Å². The summed E-state index contributed by atoms with van der Waals surface area (Å²) in [6.45, 7) is 0.871. The first-order chi connectivity index (χ1) is 5.92. The summed E-state index contributed by atoms with van der Waals surface area (Å²) in [7, 11) is 1.61. The van der Waals surface area contributed by atoms with Crippen LogP contribution in [0.2, 0.25) is 0 Å². The number of rotatable bonds is 1. The highest BCUT2D eigenvalue weighted by Gasteiger charge is 2.14. The predicted octanol–water partition coefficient (Wildman–Crippen LogP) is 1.36. The van der Waals surface area contributed by atoms with Crippen molar-refractivity contribution in [3.05, 3.63) is 23.8 Å². The second kappa shape index (κ2) is 3.03. The third-order valence-corrected chi connectivity index (χ3v) is 1.75. The van der Waals surface area contributed by atoms with Gasteiger partial charge in [-0.3, -0.25) is 0 Å². The van der Waals surface area contributed by atoms with Crippen LogP contribution in [-0.2, 0) is 11.3 Å². The van der Waals surface area contributed by atoms with Crippen molar-refractivity contribution in [3.63, 3.8) is 0 Å². The van der Waals surface area contributed by atoms with E-state index in [4.69, 9.17) is 14.2 Å². The molecule has 0 saturated heterocycles. The van der Waals surface area contributed by atoms with Crippen molar-refractivity contribution < 1.29 is 14.2 Å². The van der Waals surface area contributed by atoms with Crippen molar-refractivity contribution in [1.29, 1.82) is 0 Å². The molecule has 12 heavy (non-hydrogen) atoms. The van der Waals surface area contributed by atoms with Crippen LogP contribution in [0, 0.1) is 6.07 Å². The van der Waals surface area contributed by atoms with Gasteiger partial charge >= 0.3 is 0 Å². The van der Waals surface area contributed by atoms with Crippen LogP contribution in [0.1, 0.15) is 5.56 Å². The topological polar surface area (TPSA) is 27.7 Å². The molecule has 0 amide bonds. The van der Waals surface area contributed by atoms with Crippen molar-refractivity contribution in [2.75, 3.05) is 13.9 Å². The van der Waals surface area contributed by atoms with Crippen molar-refractivity contribution in [3.8, 4) is 11.5 Å². The first-order valence-electron chi connectivity index (χ1n) is 3.69. The Morgan fingerprint density at radius 3 is 3.25 bits per heavy atom. The Morgan fingerprint density at radius 2 is 2.42 bits per heavy atom. The Kier molecular flexibility index (Phi) is 1.87. The van der Waals surface area contributed by atoms with E-state index in [0.717, 1.165) is 17.1 Å². The molecule has 63 valence electrons. The normalized spacial score (nSPS) is 14.8. The molecule has 0 aliphatic carbocycles. The highest BCUT2D eigenvalue weighted by molar-refractivity contribution is 5.46. The Hall–Kier alpha value is -1.22. The van der Waals surface area contributed by atoms with Gasteiger partial charge in [0.1, 0.15) is 0 Å². The minimum atomic E-state index is 0.299. The lowest BCUT2D eigenvalue weighted by atomic mass is 10.2. The highest BCUT2D eigenvalue weighted by atomic mass is 16.7. The van der Waals surface area contributed by atoms with Crippen LogP contribution in [-0.4, -0.2) is 13.9 Å². The number of fused-ring (bicyclic) bond motifs is 1. The van der Waals surface area contributed by atoms with Crippen LogP contribution >= 0.6 is 0 Å². The first-order valence-corrected chi connectivity index (χ1v) is 3.69. The minimum Gasteiger partial charge on any atom is -0.493 e. The largest absolute Gasteiger partial charge is 0.493 e. The van der Waals surface area contributed by atoms with E-state index in [1.807, 2.05) is 6.07 Å². The van der Waals surface area contributed by atoms with Gasteiger partial charge in [-0.1, -0.05) is 0 Å².